The minimum Gasteiger partial charge on any atom is -0.379 e. The molecule has 1 amide bonds. The molecule has 0 atom stereocenters. The Balaban J connectivity index is 1.72. The molecule has 1 saturated heterocycles. The fourth-order valence-electron chi connectivity index (χ4n) is 2.18. The maximum absolute atomic E-state index is 12.4. The molecule has 2 aromatic rings. The maximum Gasteiger partial charge on any atom is 0.339 e. The van der Waals surface area contributed by atoms with Crippen molar-refractivity contribution in [2.75, 3.05) is 0 Å². The fraction of sp³-hybridized carbons (Fsp3) is 0.167. The lowest BCUT2D eigenvalue weighted by atomic mass is 10.2. The third-order valence-corrected chi connectivity index (χ3v) is 6.50. The molecule has 0 aromatic heterocycles. The number of halogens is 1. The van der Waals surface area contributed by atoms with Crippen LogP contribution in [0.3, 0.4) is 0 Å². The number of thioether (sulfide) groups is 1. The van der Waals surface area contributed by atoms with Crippen LogP contribution >= 0.6 is 27.7 Å². The van der Waals surface area contributed by atoms with E-state index in [1.54, 1.807) is 38.1 Å². The van der Waals surface area contributed by atoms with Gasteiger partial charge in [0.25, 0.3) is 0 Å². The molecule has 10 heteroatoms. The van der Waals surface area contributed by atoms with Crippen LogP contribution in [0.5, 0.6) is 5.75 Å². The van der Waals surface area contributed by atoms with Crippen molar-refractivity contribution in [3.8, 4) is 5.75 Å². The van der Waals surface area contributed by atoms with E-state index in [1.807, 2.05) is 0 Å². The van der Waals surface area contributed by atoms with Gasteiger partial charge in [0.05, 0.1) is 11.0 Å². The Bertz CT molecular complexity index is 1060. The highest BCUT2D eigenvalue weighted by Crippen LogP contribution is 2.30. The fourth-order valence-corrected chi connectivity index (χ4v) is 4.22. The second kappa shape index (κ2) is 8.06. The van der Waals surface area contributed by atoms with Gasteiger partial charge in [0.2, 0.25) is 5.91 Å². The van der Waals surface area contributed by atoms with Crippen molar-refractivity contribution in [3.63, 3.8) is 0 Å². The number of benzene rings is 2. The molecule has 1 N–H and O–H groups in total. The van der Waals surface area contributed by atoms with Crippen LogP contribution in [0.2, 0.25) is 0 Å². The van der Waals surface area contributed by atoms with Crippen LogP contribution in [0.4, 0.5) is 0 Å². The molecular formula is C18H16BrN3O4S2. The third-order valence-electron chi connectivity index (χ3n) is 3.64. The predicted molar refractivity (Wildman–Crippen MR) is 113 cm³/mol. The number of amidine groups is 1. The number of amides is 1. The lowest BCUT2D eigenvalue weighted by Gasteiger charge is -2.08. The summed E-state index contributed by atoms with van der Waals surface area (Å²) in [4.78, 5) is 11.8. The number of nitrogens with one attached hydrogen (secondary N) is 1. The minimum atomic E-state index is -3.94. The van der Waals surface area contributed by atoms with Gasteiger partial charge in [-0.1, -0.05) is 39.8 Å². The Morgan fingerprint density at radius 3 is 2.54 bits per heavy atom. The van der Waals surface area contributed by atoms with E-state index < -0.39 is 14.9 Å². The number of rotatable bonds is 5. The lowest BCUT2D eigenvalue weighted by Crippen LogP contribution is -2.30. The number of nitrogens with zero attached hydrogens (tertiary/aromatic N) is 2. The van der Waals surface area contributed by atoms with Crippen LogP contribution in [0.15, 0.2) is 68.1 Å². The van der Waals surface area contributed by atoms with Gasteiger partial charge in [-0.3, -0.25) is 4.79 Å². The SMILES string of the molecule is CC1(C)SC(=NN=Cc2cccc(OS(=O)(=O)c3ccc(Br)cc3)c2)NC1=O. The van der Waals surface area contributed by atoms with Crippen molar-refractivity contribution in [2.24, 2.45) is 10.2 Å². The van der Waals surface area contributed by atoms with Crippen LogP contribution in [0, 0.1) is 0 Å². The first kappa shape index (κ1) is 20.6. The van der Waals surface area contributed by atoms with E-state index in [9.17, 15) is 13.2 Å². The predicted octanol–water partition coefficient (Wildman–Crippen LogP) is 3.55. The van der Waals surface area contributed by atoms with Gasteiger partial charge in [0.1, 0.15) is 10.6 Å². The zero-order valence-electron chi connectivity index (χ0n) is 14.9. The summed E-state index contributed by atoms with van der Waals surface area (Å²) >= 11 is 4.55. The largest absolute Gasteiger partial charge is 0.379 e. The molecule has 28 heavy (non-hydrogen) atoms. The molecule has 1 aliphatic rings. The summed E-state index contributed by atoms with van der Waals surface area (Å²) < 4.78 is 30.1. The number of hydrogen-bond donors (Lipinski definition) is 1. The Labute approximate surface area is 175 Å². The normalized spacial score (nSPS) is 17.8. The van der Waals surface area contributed by atoms with Gasteiger partial charge in [-0.05, 0) is 55.8 Å². The summed E-state index contributed by atoms with van der Waals surface area (Å²) in [7, 11) is -3.94. The van der Waals surface area contributed by atoms with E-state index in [2.05, 4.69) is 31.4 Å². The van der Waals surface area contributed by atoms with Gasteiger partial charge in [0, 0.05) is 4.47 Å². The average molecular weight is 482 g/mol. The van der Waals surface area contributed by atoms with Crippen LogP contribution in [-0.4, -0.2) is 30.5 Å². The standard InChI is InChI=1S/C18H16BrN3O4S2/c1-18(2)16(23)21-17(27-18)22-20-11-12-4-3-5-14(10-12)26-28(24,25)15-8-6-13(19)7-9-15/h3-11H,1-2H3,(H,21,22,23). The average Bonchev–Trinajstić information content (AvgIpc) is 2.87. The van der Waals surface area contributed by atoms with Gasteiger partial charge < -0.3 is 9.50 Å². The summed E-state index contributed by atoms with van der Waals surface area (Å²) in [5, 5.41) is 11.0. The van der Waals surface area contributed by atoms with E-state index in [0.717, 1.165) is 4.47 Å². The highest BCUT2D eigenvalue weighted by atomic mass is 79.9. The molecule has 1 fully saturated rings. The van der Waals surface area contributed by atoms with Crippen LogP contribution in [0.25, 0.3) is 0 Å². The van der Waals surface area contributed by atoms with Gasteiger partial charge >= 0.3 is 10.1 Å². The molecule has 3 rings (SSSR count). The second-order valence-corrected chi connectivity index (χ2v) is 10.4. The summed E-state index contributed by atoms with van der Waals surface area (Å²) in [6, 6.07) is 12.6. The van der Waals surface area contributed by atoms with Crippen molar-refractivity contribution >= 4 is 55.1 Å². The molecule has 0 radical (unpaired) electrons. The van der Waals surface area contributed by atoms with Crippen LogP contribution < -0.4 is 9.50 Å². The van der Waals surface area contributed by atoms with Gasteiger partial charge in [-0.15, -0.1) is 5.10 Å². The Kier molecular flexibility index (Phi) is 5.92. The summed E-state index contributed by atoms with van der Waals surface area (Å²) in [5.74, 6) is 0.0317. The number of carbonyl (C=O) groups is 1. The van der Waals surface area contributed by atoms with Crippen LogP contribution in [-0.2, 0) is 14.9 Å². The van der Waals surface area contributed by atoms with E-state index in [0.29, 0.717) is 10.7 Å². The minimum absolute atomic E-state index is 0.0535. The zero-order chi connectivity index (χ0) is 20.4. The Hall–Kier alpha value is -2.17. The van der Waals surface area contributed by atoms with Crippen molar-refractivity contribution in [1.29, 1.82) is 0 Å². The molecule has 2 aromatic carbocycles. The molecule has 0 bridgehead atoms. The monoisotopic (exact) mass is 481 g/mol. The molecule has 0 aliphatic carbocycles. The molecule has 1 aliphatic heterocycles. The highest BCUT2D eigenvalue weighted by Gasteiger charge is 2.38. The summed E-state index contributed by atoms with van der Waals surface area (Å²) in [6.07, 6.45) is 1.45. The molecule has 0 unspecified atom stereocenters. The van der Waals surface area contributed by atoms with Gasteiger partial charge in [0.15, 0.2) is 5.17 Å². The molecule has 0 saturated carbocycles. The summed E-state index contributed by atoms with van der Waals surface area (Å²) in [6.45, 7) is 3.60. The number of carbonyl (C=O) groups excluding carboxylic acids is 1. The van der Waals surface area contributed by atoms with Crippen molar-refractivity contribution < 1.29 is 17.4 Å². The van der Waals surface area contributed by atoms with Gasteiger partial charge in [-0.2, -0.15) is 13.5 Å². The lowest BCUT2D eigenvalue weighted by molar-refractivity contribution is -0.120. The summed E-state index contributed by atoms with van der Waals surface area (Å²) in [5.41, 5.74) is 0.599. The van der Waals surface area contributed by atoms with Crippen molar-refractivity contribution in [3.05, 3.63) is 58.6 Å². The zero-order valence-corrected chi connectivity index (χ0v) is 18.1. The third kappa shape index (κ3) is 5.00. The molecule has 1 heterocycles. The first-order chi connectivity index (χ1) is 13.2. The number of hydrogen-bond acceptors (Lipinski definition) is 7. The highest BCUT2D eigenvalue weighted by molar-refractivity contribution is 9.10. The van der Waals surface area contributed by atoms with E-state index in [4.69, 9.17) is 4.18 Å². The van der Waals surface area contributed by atoms with E-state index in [-0.39, 0.29) is 16.6 Å². The maximum atomic E-state index is 12.4. The molecule has 0 spiro atoms. The molecular weight excluding hydrogens is 466 g/mol. The topological polar surface area (TPSA) is 97.2 Å². The molecule has 7 nitrogen and oxygen atoms in total. The Morgan fingerprint density at radius 1 is 1.18 bits per heavy atom. The quantitative estimate of drug-likeness (QED) is 0.400. The first-order valence-electron chi connectivity index (χ1n) is 8.07. The van der Waals surface area contributed by atoms with E-state index >= 15 is 0 Å². The van der Waals surface area contributed by atoms with E-state index in [1.165, 1.54) is 42.2 Å². The van der Waals surface area contributed by atoms with Crippen LogP contribution in [0.1, 0.15) is 19.4 Å². The van der Waals surface area contributed by atoms with Crippen molar-refractivity contribution in [1.82, 2.24) is 5.32 Å². The second-order valence-electron chi connectivity index (χ2n) is 6.28. The van der Waals surface area contributed by atoms with Gasteiger partial charge in [-0.25, -0.2) is 0 Å². The smallest absolute Gasteiger partial charge is 0.339 e. The first-order valence-corrected chi connectivity index (χ1v) is 11.1. The van der Waals surface area contributed by atoms with Crippen molar-refractivity contribution in [2.45, 2.75) is 23.5 Å². The Morgan fingerprint density at radius 2 is 1.89 bits per heavy atom. The molecule has 146 valence electrons.